The van der Waals surface area contributed by atoms with E-state index < -0.39 is 46.7 Å². The number of aliphatic hydroxyl groups is 1. The summed E-state index contributed by atoms with van der Waals surface area (Å²) in [6.45, 7) is 6.33. The number of sulfone groups is 1. The molecule has 0 spiro atoms. The van der Waals surface area contributed by atoms with Gasteiger partial charge in [0, 0.05) is 5.56 Å². The van der Waals surface area contributed by atoms with Gasteiger partial charge in [-0.1, -0.05) is 25.1 Å². The summed E-state index contributed by atoms with van der Waals surface area (Å²) >= 11 is 0. The molecule has 42 heavy (non-hydrogen) atoms. The molecular weight excluding hydrogens is 577 g/mol. The average molecular weight is 609 g/mol. The Labute approximate surface area is 241 Å². The van der Waals surface area contributed by atoms with Crippen LogP contribution in [0.4, 0.5) is 13.2 Å². The van der Waals surface area contributed by atoms with Crippen molar-refractivity contribution >= 4 is 15.7 Å². The van der Waals surface area contributed by atoms with E-state index >= 15 is 0 Å². The van der Waals surface area contributed by atoms with Gasteiger partial charge in [0.05, 0.1) is 28.8 Å². The average Bonchev–Trinajstić information content (AvgIpc) is 3.26. The topological polar surface area (TPSA) is 144 Å². The van der Waals surface area contributed by atoms with E-state index in [0.717, 1.165) is 0 Å². The van der Waals surface area contributed by atoms with Gasteiger partial charge in [0.15, 0.2) is 27.9 Å². The van der Waals surface area contributed by atoms with Gasteiger partial charge in [0.2, 0.25) is 5.88 Å². The van der Waals surface area contributed by atoms with Crippen LogP contribution in [-0.4, -0.2) is 54.4 Å². The minimum atomic E-state index is -4.62. The van der Waals surface area contributed by atoms with Crippen LogP contribution in [0, 0.1) is 18.3 Å². The number of hydrogen-bond acceptors (Lipinski definition) is 8. The van der Waals surface area contributed by atoms with Crippen molar-refractivity contribution in [2.45, 2.75) is 57.3 Å². The number of halogens is 3. The zero-order valence-corrected chi connectivity index (χ0v) is 24.4. The molecule has 0 aliphatic carbocycles. The van der Waals surface area contributed by atoms with Crippen LogP contribution in [0.3, 0.4) is 0 Å². The van der Waals surface area contributed by atoms with E-state index in [1.807, 2.05) is 0 Å². The molecule has 2 aromatic carbocycles. The maximum atomic E-state index is 13.4. The highest BCUT2D eigenvalue weighted by molar-refractivity contribution is 7.91. The van der Waals surface area contributed by atoms with Gasteiger partial charge >= 0.3 is 6.18 Å². The first-order valence-corrected chi connectivity index (χ1v) is 14.4. The second-order valence-corrected chi connectivity index (χ2v) is 12.6. The fraction of sp³-hybridized carbons (Fsp3) is 0.393. The second kappa shape index (κ2) is 12.4. The van der Waals surface area contributed by atoms with Gasteiger partial charge in [-0.25, -0.2) is 13.1 Å². The number of nitrogens with zero attached hydrogens (tertiary/aromatic N) is 3. The molecule has 10 nitrogen and oxygen atoms in total. The molecular formula is C28H31F3N4O6S. The van der Waals surface area contributed by atoms with Crippen LogP contribution < -0.4 is 14.8 Å². The first kappa shape index (κ1) is 32.4. The van der Waals surface area contributed by atoms with Crippen LogP contribution in [0.2, 0.25) is 0 Å². The number of benzene rings is 2. The number of nitrogens with one attached hydrogen (secondary N) is 1. The number of aliphatic hydroxyl groups excluding tert-OH is 1. The number of aromatic nitrogens is 2. The van der Waals surface area contributed by atoms with Crippen LogP contribution >= 0.6 is 0 Å². The number of hydrogen-bond donors (Lipinski definition) is 2. The normalized spacial score (nSPS) is 12.9. The van der Waals surface area contributed by atoms with E-state index in [2.05, 4.69) is 10.4 Å². The van der Waals surface area contributed by atoms with E-state index in [0.29, 0.717) is 5.56 Å². The lowest BCUT2D eigenvalue weighted by molar-refractivity contribution is -0.153. The summed E-state index contributed by atoms with van der Waals surface area (Å²) in [6, 6.07) is 10.6. The zero-order valence-electron chi connectivity index (χ0n) is 23.6. The van der Waals surface area contributed by atoms with Crippen LogP contribution in [0.25, 0.3) is 0 Å². The molecule has 1 atom stereocenters. The first-order chi connectivity index (χ1) is 19.5. The van der Waals surface area contributed by atoms with Crippen molar-refractivity contribution in [3.8, 4) is 23.4 Å². The molecule has 0 aliphatic heterocycles. The predicted octanol–water partition coefficient (Wildman–Crippen LogP) is 4.81. The Hall–Kier alpha value is -4.09. The van der Waals surface area contributed by atoms with Crippen molar-refractivity contribution in [2.75, 3.05) is 19.0 Å². The van der Waals surface area contributed by atoms with Crippen molar-refractivity contribution in [2.24, 2.45) is 0 Å². The van der Waals surface area contributed by atoms with E-state index in [9.17, 15) is 36.8 Å². The SMILES string of the molecule is CCS(=O)(=O)c1ccc(C(CO)NC(=O)c2nn(C(C)(C)C)c(Oc3cccc(OCC(F)(F)F)c3C#N)c2C)cc1. The summed E-state index contributed by atoms with van der Waals surface area (Å²) in [7, 11) is -3.43. The predicted molar refractivity (Wildman–Crippen MR) is 146 cm³/mol. The molecule has 3 aromatic rings. The third-order valence-electron chi connectivity index (χ3n) is 6.13. The third-order valence-corrected chi connectivity index (χ3v) is 7.88. The molecule has 0 aliphatic rings. The molecule has 2 N–H and O–H groups in total. The van der Waals surface area contributed by atoms with Crippen molar-refractivity contribution in [1.82, 2.24) is 15.1 Å². The zero-order chi connectivity index (χ0) is 31.5. The summed E-state index contributed by atoms with van der Waals surface area (Å²) in [5, 5.41) is 26.8. The van der Waals surface area contributed by atoms with Gasteiger partial charge in [0.1, 0.15) is 17.4 Å². The molecule has 0 bridgehead atoms. The third kappa shape index (κ3) is 7.40. The van der Waals surface area contributed by atoms with Gasteiger partial charge in [0.25, 0.3) is 5.91 Å². The molecule has 1 amide bonds. The van der Waals surface area contributed by atoms with E-state index in [-0.39, 0.29) is 44.8 Å². The Morgan fingerprint density at radius 2 is 1.76 bits per heavy atom. The number of carbonyl (C=O) groups is 1. The molecule has 3 rings (SSSR count). The standard InChI is InChI=1S/C28H31F3N4O6S/c1-6-42(38,39)19-12-10-18(11-13-19)21(15-36)33-25(37)24-17(2)26(35(34-24)27(3,4)5)41-23-9-7-8-22(20(23)14-32)40-16-28(29,30)31/h7-13,21,36H,6,15-16H2,1-5H3,(H,33,37). The van der Waals surface area contributed by atoms with Crippen LogP contribution in [0.15, 0.2) is 47.4 Å². The molecule has 0 radical (unpaired) electrons. The minimum absolute atomic E-state index is 0.0618. The van der Waals surface area contributed by atoms with Gasteiger partial charge < -0.3 is 19.9 Å². The van der Waals surface area contributed by atoms with Crippen molar-refractivity contribution in [3.05, 3.63) is 64.8 Å². The van der Waals surface area contributed by atoms with Crippen LogP contribution in [-0.2, 0) is 15.4 Å². The molecule has 1 unspecified atom stereocenters. The fourth-order valence-electron chi connectivity index (χ4n) is 3.90. The molecule has 226 valence electrons. The monoisotopic (exact) mass is 608 g/mol. The quantitative estimate of drug-likeness (QED) is 0.334. The highest BCUT2D eigenvalue weighted by atomic mass is 32.2. The number of amides is 1. The van der Waals surface area contributed by atoms with Gasteiger partial charge in [-0.2, -0.15) is 23.5 Å². The maximum absolute atomic E-state index is 13.4. The Kier molecular flexibility index (Phi) is 9.59. The lowest BCUT2D eigenvalue weighted by Gasteiger charge is -2.22. The lowest BCUT2D eigenvalue weighted by atomic mass is 10.1. The van der Waals surface area contributed by atoms with E-state index in [1.165, 1.54) is 54.1 Å². The minimum Gasteiger partial charge on any atom is -0.483 e. The Bertz CT molecular complexity index is 1590. The molecule has 0 saturated carbocycles. The summed E-state index contributed by atoms with van der Waals surface area (Å²) in [5.74, 6) is -1.12. The highest BCUT2D eigenvalue weighted by Crippen LogP contribution is 2.36. The lowest BCUT2D eigenvalue weighted by Crippen LogP contribution is -2.32. The highest BCUT2D eigenvalue weighted by Gasteiger charge is 2.31. The molecule has 14 heteroatoms. The smallest absolute Gasteiger partial charge is 0.422 e. The Balaban J connectivity index is 1.96. The number of ether oxygens (including phenoxy) is 2. The first-order valence-electron chi connectivity index (χ1n) is 12.8. The fourth-order valence-corrected chi connectivity index (χ4v) is 4.78. The van der Waals surface area contributed by atoms with Gasteiger partial charge in [-0.3, -0.25) is 4.79 Å². The summed E-state index contributed by atoms with van der Waals surface area (Å²) in [6.07, 6.45) is -4.62. The molecule has 1 aromatic heterocycles. The Morgan fingerprint density at radius 3 is 2.29 bits per heavy atom. The Morgan fingerprint density at radius 1 is 1.14 bits per heavy atom. The molecule has 0 fully saturated rings. The second-order valence-electron chi connectivity index (χ2n) is 10.3. The van der Waals surface area contributed by atoms with Crippen molar-refractivity contribution in [1.29, 1.82) is 5.26 Å². The van der Waals surface area contributed by atoms with E-state index in [4.69, 9.17) is 9.47 Å². The van der Waals surface area contributed by atoms with Gasteiger partial charge in [-0.05, 0) is 57.5 Å². The van der Waals surface area contributed by atoms with E-state index in [1.54, 1.807) is 33.8 Å². The largest absolute Gasteiger partial charge is 0.483 e. The number of carbonyl (C=O) groups excluding carboxylic acids is 1. The summed E-state index contributed by atoms with van der Waals surface area (Å²) < 4.78 is 74.6. The van der Waals surface area contributed by atoms with Crippen molar-refractivity contribution in [3.63, 3.8) is 0 Å². The molecule has 0 saturated heterocycles. The van der Waals surface area contributed by atoms with Crippen LogP contribution in [0.5, 0.6) is 17.4 Å². The van der Waals surface area contributed by atoms with Crippen molar-refractivity contribution < 1.29 is 41.0 Å². The maximum Gasteiger partial charge on any atom is 0.422 e. The van der Waals surface area contributed by atoms with Gasteiger partial charge in [-0.15, -0.1) is 0 Å². The summed E-state index contributed by atoms with van der Waals surface area (Å²) in [4.78, 5) is 13.5. The number of alkyl halides is 3. The number of nitriles is 1. The summed E-state index contributed by atoms with van der Waals surface area (Å²) in [5.41, 5.74) is -0.366. The number of rotatable bonds is 10. The molecule has 1 heterocycles. The van der Waals surface area contributed by atoms with Crippen LogP contribution in [0.1, 0.15) is 60.9 Å².